The topological polar surface area (TPSA) is 100 Å². The Hall–Kier alpha value is -5.51. The van der Waals surface area contributed by atoms with Crippen LogP contribution in [0.1, 0.15) is 34.8 Å². The Kier molecular flexibility index (Phi) is 10.6. The van der Waals surface area contributed by atoms with E-state index in [1.54, 1.807) is 36.4 Å². The molecule has 0 aliphatic carbocycles. The van der Waals surface area contributed by atoms with Crippen molar-refractivity contribution in [1.29, 1.82) is 0 Å². The SMILES string of the molecule is CCC(Sc1cccc(NC(=O)/C(=C\c2ccc(-c3ccccc3)cc2)NC(=O)c2ccccc2)c1)C(=O)Nc1nc2ccc(C)cc2s1. The average Bonchev–Trinajstić information content (AvgIpc) is 3.52. The van der Waals surface area contributed by atoms with E-state index >= 15 is 0 Å². The van der Waals surface area contributed by atoms with Gasteiger partial charge in [0.2, 0.25) is 5.91 Å². The molecule has 1 atom stereocenters. The maximum atomic E-state index is 13.7. The van der Waals surface area contributed by atoms with Gasteiger partial charge in [0.15, 0.2) is 5.13 Å². The highest BCUT2D eigenvalue weighted by molar-refractivity contribution is 8.00. The number of aromatic nitrogens is 1. The quantitative estimate of drug-likeness (QED) is 0.0935. The van der Waals surface area contributed by atoms with Crippen LogP contribution in [0.4, 0.5) is 10.8 Å². The van der Waals surface area contributed by atoms with Gasteiger partial charge in [0.05, 0.1) is 15.5 Å². The first kappa shape index (κ1) is 33.4. The highest BCUT2D eigenvalue weighted by Crippen LogP contribution is 2.31. The second-order valence-corrected chi connectivity index (χ2v) is 13.6. The second-order valence-electron chi connectivity index (χ2n) is 11.3. The predicted molar refractivity (Wildman–Crippen MR) is 202 cm³/mol. The number of nitrogens with one attached hydrogen (secondary N) is 3. The summed E-state index contributed by atoms with van der Waals surface area (Å²) < 4.78 is 1.03. The fourth-order valence-corrected chi connectivity index (χ4v) is 7.10. The third-order valence-electron chi connectivity index (χ3n) is 7.67. The van der Waals surface area contributed by atoms with Crippen molar-refractivity contribution in [3.8, 4) is 11.1 Å². The van der Waals surface area contributed by atoms with Gasteiger partial charge >= 0.3 is 0 Å². The van der Waals surface area contributed by atoms with E-state index in [-0.39, 0.29) is 16.9 Å². The maximum Gasteiger partial charge on any atom is 0.272 e. The Balaban J connectivity index is 1.17. The zero-order valence-electron chi connectivity index (χ0n) is 27.0. The van der Waals surface area contributed by atoms with E-state index in [9.17, 15) is 14.4 Å². The molecule has 5 aromatic carbocycles. The number of carbonyl (C=O) groups is 3. The summed E-state index contributed by atoms with van der Waals surface area (Å²) >= 11 is 2.87. The molecule has 6 aromatic rings. The van der Waals surface area contributed by atoms with E-state index in [4.69, 9.17) is 0 Å². The first-order valence-corrected chi connectivity index (χ1v) is 17.5. The fraction of sp³-hybridized carbons (Fsp3) is 0.100. The van der Waals surface area contributed by atoms with Crippen LogP contribution in [0.2, 0.25) is 0 Å². The zero-order chi connectivity index (χ0) is 34.2. The van der Waals surface area contributed by atoms with Crippen LogP contribution in [0.3, 0.4) is 0 Å². The largest absolute Gasteiger partial charge is 0.321 e. The minimum atomic E-state index is -0.477. The molecule has 0 spiro atoms. The molecule has 1 aromatic heterocycles. The number of hydrogen-bond acceptors (Lipinski definition) is 6. The molecule has 0 aliphatic rings. The second kappa shape index (κ2) is 15.6. The predicted octanol–water partition coefficient (Wildman–Crippen LogP) is 9.19. The summed E-state index contributed by atoms with van der Waals surface area (Å²) in [5, 5.41) is 8.91. The van der Waals surface area contributed by atoms with Crippen LogP contribution < -0.4 is 16.0 Å². The smallest absolute Gasteiger partial charge is 0.272 e. The maximum absolute atomic E-state index is 13.7. The van der Waals surface area contributed by atoms with Gasteiger partial charge in [-0.2, -0.15) is 0 Å². The van der Waals surface area contributed by atoms with Crippen LogP contribution in [-0.4, -0.2) is 28.0 Å². The number of aryl methyl sites for hydroxylation is 1. The van der Waals surface area contributed by atoms with E-state index in [0.29, 0.717) is 22.8 Å². The van der Waals surface area contributed by atoms with E-state index in [0.717, 1.165) is 37.4 Å². The van der Waals surface area contributed by atoms with Crippen molar-refractivity contribution in [2.75, 3.05) is 10.6 Å². The Morgan fingerprint density at radius 2 is 1.51 bits per heavy atom. The normalized spacial score (nSPS) is 11.9. The molecule has 1 unspecified atom stereocenters. The van der Waals surface area contributed by atoms with Crippen molar-refractivity contribution in [1.82, 2.24) is 10.3 Å². The first-order chi connectivity index (χ1) is 23.8. The molecular weight excluding hydrogens is 649 g/mol. The van der Waals surface area contributed by atoms with Gasteiger partial charge in [0.1, 0.15) is 5.70 Å². The van der Waals surface area contributed by atoms with Crippen LogP contribution in [0.5, 0.6) is 0 Å². The molecule has 49 heavy (non-hydrogen) atoms. The van der Waals surface area contributed by atoms with Gasteiger partial charge in [-0.05, 0) is 84.1 Å². The summed E-state index contributed by atoms with van der Waals surface area (Å²) in [5.41, 5.74) is 5.93. The van der Waals surface area contributed by atoms with Crippen LogP contribution >= 0.6 is 23.1 Å². The number of benzene rings is 5. The molecule has 244 valence electrons. The summed E-state index contributed by atoms with van der Waals surface area (Å²) in [6, 6.07) is 39.9. The van der Waals surface area contributed by atoms with Crippen molar-refractivity contribution < 1.29 is 14.4 Å². The third kappa shape index (κ3) is 8.70. The lowest BCUT2D eigenvalue weighted by molar-refractivity contribution is -0.116. The average molecular weight is 683 g/mol. The lowest BCUT2D eigenvalue weighted by atomic mass is 10.0. The molecule has 0 aliphatic heterocycles. The lowest BCUT2D eigenvalue weighted by Gasteiger charge is -2.15. The van der Waals surface area contributed by atoms with Crippen LogP contribution in [0.25, 0.3) is 27.4 Å². The molecule has 0 fully saturated rings. The van der Waals surface area contributed by atoms with Gasteiger partial charge in [-0.3, -0.25) is 14.4 Å². The molecule has 6 rings (SSSR count). The number of nitrogens with zero attached hydrogens (tertiary/aromatic N) is 1. The van der Waals surface area contributed by atoms with Gasteiger partial charge in [-0.15, -0.1) is 11.8 Å². The monoisotopic (exact) mass is 682 g/mol. The van der Waals surface area contributed by atoms with Crippen LogP contribution in [0, 0.1) is 6.92 Å². The van der Waals surface area contributed by atoms with Crippen LogP contribution in [-0.2, 0) is 9.59 Å². The number of anilines is 2. The number of thiazole rings is 1. The number of thioether (sulfide) groups is 1. The molecule has 1 heterocycles. The Labute approximate surface area is 293 Å². The minimum Gasteiger partial charge on any atom is -0.321 e. The highest BCUT2D eigenvalue weighted by Gasteiger charge is 2.21. The van der Waals surface area contributed by atoms with E-state index in [1.165, 1.54) is 23.1 Å². The molecule has 0 saturated carbocycles. The molecule has 3 N–H and O–H groups in total. The van der Waals surface area contributed by atoms with E-state index in [2.05, 4.69) is 27.0 Å². The van der Waals surface area contributed by atoms with Crippen molar-refractivity contribution in [3.05, 3.63) is 150 Å². The van der Waals surface area contributed by atoms with Crippen molar-refractivity contribution in [3.63, 3.8) is 0 Å². The number of rotatable bonds is 11. The Morgan fingerprint density at radius 3 is 2.24 bits per heavy atom. The zero-order valence-corrected chi connectivity index (χ0v) is 28.6. The molecular formula is C40H34N4O3S2. The number of amides is 3. The van der Waals surface area contributed by atoms with Gasteiger partial charge in [0.25, 0.3) is 11.8 Å². The van der Waals surface area contributed by atoms with Crippen molar-refractivity contribution >= 4 is 67.9 Å². The van der Waals surface area contributed by atoms with Gasteiger partial charge in [-0.1, -0.05) is 103 Å². The third-order valence-corrected chi connectivity index (χ3v) is 9.96. The molecule has 7 nitrogen and oxygen atoms in total. The Bertz CT molecular complexity index is 2130. The summed E-state index contributed by atoms with van der Waals surface area (Å²) in [6.45, 7) is 3.99. The van der Waals surface area contributed by atoms with E-state index in [1.807, 2.05) is 105 Å². The summed E-state index contributed by atoms with van der Waals surface area (Å²) in [5.74, 6) is -1.01. The van der Waals surface area contributed by atoms with Crippen molar-refractivity contribution in [2.24, 2.45) is 0 Å². The summed E-state index contributed by atoms with van der Waals surface area (Å²) in [6.07, 6.45) is 2.25. The summed E-state index contributed by atoms with van der Waals surface area (Å²) in [4.78, 5) is 45.5. The highest BCUT2D eigenvalue weighted by atomic mass is 32.2. The number of hydrogen-bond donors (Lipinski definition) is 3. The fourth-order valence-electron chi connectivity index (χ4n) is 5.11. The first-order valence-electron chi connectivity index (χ1n) is 15.8. The molecule has 3 amide bonds. The molecule has 0 bridgehead atoms. The number of carbonyl (C=O) groups excluding carboxylic acids is 3. The summed E-state index contributed by atoms with van der Waals surface area (Å²) in [7, 11) is 0. The van der Waals surface area contributed by atoms with Gasteiger partial charge < -0.3 is 16.0 Å². The minimum absolute atomic E-state index is 0.0937. The Morgan fingerprint density at radius 1 is 0.796 bits per heavy atom. The van der Waals surface area contributed by atoms with Gasteiger partial charge in [-0.25, -0.2) is 4.98 Å². The van der Waals surface area contributed by atoms with Crippen molar-refractivity contribution in [2.45, 2.75) is 30.4 Å². The molecule has 0 radical (unpaired) electrons. The standard InChI is InChI=1S/C40H34N4O3S2/c1-3-35(39(47)44-40-43-33-22-17-26(2)23-36(33)49-40)48-32-16-10-15-31(25-32)41-38(46)34(42-37(45)30-13-8-5-9-14-30)24-27-18-20-29(21-19-27)28-11-6-4-7-12-28/h4-25,35H,3H2,1-2H3,(H,41,46)(H,42,45)(H,43,44,47)/b34-24+. The molecule has 9 heteroatoms. The lowest BCUT2D eigenvalue weighted by Crippen LogP contribution is -2.30. The molecule has 0 saturated heterocycles. The van der Waals surface area contributed by atoms with Gasteiger partial charge in [0, 0.05) is 16.1 Å². The van der Waals surface area contributed by atoms with E-state index < -0.39 is 11.8 Å². The van der Waals surface area contributed by atoms with Crippen LogP contribution in [0.15, 0.2) is 138 Å². The number of fused-ring (bicyclic) bond motifs is 1.